The highest BCUT2D eigenvalue weighted by molar-refractivity contribution is 6.04. The number of nitrogens with one attached hydrogen (secondary N) is 1. The van der Waals surface area contributed by atoms with Crippen molar-refractivity contribution in [3.05, 3.63) is 23.0 Å². The number of piperidine rings is 1. The number of aromatic amines is 1. The molecule has 1 fully saturated rings. The fourth-order valence-corrected chi connectivity index (χ4v) is 3.98. The number of aromatic nitrogens is 3. The van der Waals surface area contributed by atoms with Crippen LogP contribution in [-0.2, 0) is 9.47 Å². The quantitative estimate of drug-likeness (QED) is 0.743. The summed E-state index contributed by atoms with van der Waals surface area (Å²) in [6, 6.07) is 0. The molecule has 0 atom stereocenters. The minimum absolute atomic E-state index is 0.0927. The standard InChI is InChI=1S/C22H32N4O4/c1-7-29-20(27)17-15-12-23-25-19(15)24-18(16(17)13(2)3)14-8-10-26(11-9-14)21(28)30-22(4,5)6/h12-14H,7-11H2,1-6H3,(H,23,24,25). The molecule has 1 aliphatic rings. The number of rotatable bonds is 4. The summed E-state index contributed by atoms with van der Waals surface area (Å²) in [7, 11) is 0. The Morgan fingerprint density at radius 3 is 2.50 bits per heavy atom. The summed E-state index contributed by atoms with van der Waals surface area (Å²) >= 11 is 0. The molecule has 164 valence electrons. The molecule has 30 heavy (non-hydrogen) atoms. The Morgan fingerprint density at radius 2 is 1.93 bits per heavy atom. The minimum atomic E-state index is -0.513. The van der Waals surface area contributed by atoms with E-state index in [-0.39, 0.29) is 23.9 Å². The van der Waals surface area contributed by atoms with Crippen molar-refractivity contribution >= 4 is 23.1 Å². The fraction of sp³-hybridized carbons (Fsp3) is 0.636. The first-order valence-electron chi connectivity index (χ1n) is 10.6. The third-order valence-corrected chi connectivity index (χ3v) is 5.26. The van der Waals surface area contributed by atoms with Gasteiger partial charge < -0.3 is 14.4 Å². The molecule has 1 saturated heterocycles. The largest absolute Gasteiger partial charge is 0.462 e. The van der Waals surface area contributed by atoms with Crippen molar-refractivity contribution in [1.82, 2.24) is 20.1 Å². The average molecular weight is 417 g/mol. The topological polar surface area (TPSA) is 97.4 Å². The molecule has 0 radical (unpaired) electrons. The molecule has 0 spiro atoms. The Kier molecular flexibility index (Phi) is 6.33. The van der Waals surface area contributed by atoms with Crippen molar-refractivity contribution in [3.63, 3.8) is 0 Å². The van der Waals surface area contributed by atoms with E-state index in [0.29, 0.717) is 36.3 Å². The molecule has 0 unspecified atom stereocenters. The van der Waals surface area contributed by atoms with Crippen LogP contribution in [0.4, 0.5) is 4.79 Å². The van der Waals surface area contributed by atoms with Crippen LogP contribution in [0.15, 0.2) is 6.20 Å². The minimum Gasteiger partial charge on any atom is -0.462 e. The van der Waals surface area contributed by atoms with Gasteiger partial charge >= 0.3 is 12.1 Å². The second-order valence-electron chi connectivity index (χ2n) is 9.03. The van der Waals surface area contributed by atoms with Crippen LogP contribution in [0.25, 0.3) is 11.0 Å². The molecule has 0 saturated carbocycles. The van der Waals surface area contributed by atoms with Gasteiger partial charge in [0.25, 0.3) is 0 Å². The summed E-state index contributed by atoms with van der Waals surface area (Å²) in [6.45, 7) is 13.0. The Balaban J connectivity index is 1.92. The summed E-state index contributed by atoms with van der Waals surface area (Å²) in [6.07, 6.45) is 2.87. The lowest BCUT2D eigenvalue weighted by molar-refractivity contribution is 0.0203. The van der Waals surface area contributed by atoms with E-state index >= 15 is 0 Å². The van der Waals surface area contributed by atoms with Gasteiger partial charge in [0.05, 0.1) is 29.4 Å². The van der Waals surface area contributed by atoms with E-state index in [0.717, 1.165) is 24.1 Å². The average Bonchev–Trinajstić information content (AvgIpc) is 3.13. The number of ether oxygens (including phenoxy) is 2. The molecule has 2 aromatic heterocycles. The van der Waals surface area contributed by atoms with Crippen molar-refractivity contribution in [1.29, 1.82) is 0 Å². The lowest BCUT2D eigenvalue weighted by Crippen LogP contribution is -2.41. The molecule has 0 aromatic carbocycles. The highest BCUT2D eigenvalue weighted by atomic mass is 16.6. The van der Waals surface area contributed by atoms with Crippen LogP contribution in [0.3, 0.4) is 0 Å². The number of likely N-dealkylation sites (tertiary alicyclic amines) is 1. The Morgan fingerprint density at radius 1 is 1.27 bits per heavy atom. The van der Waals surface area contributed by atoms with Crippen LogP contribution >= 0.6 is 0 Å². The van der Waals surface area contributed by atoms with Crippen LogP contribution in [0.1, 0.15) is 87.8 Å². The summed E-state index contributed by atoms with van der Waals surface area (Å²) in [5, 5.41) is 7.68. The zero-order valence-corrected chi connectivity index (χ0v) is 18.7. The van der Waals surface area contributed by atoms with Gasteiger partial charge in [0, 0.05) is 19.0 Å². The molecule has 3 rings (SSSR count). The third kappa shape index (κ3) is 4.57. The van der Waals surface area contributed by atoms with Gasteiger partial charge in [0.2, 0.25) is 0 Å². The second kappa shape index (κ2) is 8.62. The first-order valence-corrected chi connectivity index (χ1v) is 10.6. The normalized spacial score (nSPS) is 15.6. The molecule has 2 aromatic rings. The first kappa shape index (κ1) is 22.1. The highest BCUT2D eigenvalue weighted by Gasteiger charge is 2.32. The van der Waals surface area contributed by atoms with Crippen LogP contribution < -0.4 is 0 Å². The van der Waals surface area contributed by atoms with Crippen molar-refractivity contribution in [2.24, 2.45) is 0 Å². The molecule has 8 heteroatoms. The lowest BCUT2D eigenvalue weighted by Gasteiger charge is -2.34. The first-order chi connectivity index (χ1) is 14.1. The Bertz CT molecular complexity index is 921. The number of esters is 1. The third-order valence-electron chi connectivity index (χ3n) is 5.26. The number of hydrogen-bond donors (Lipinski definition) is 1. The van der Waals surface area contributed by atoms with Crippen molar-refractivity contribution in [2.45, 2.75) is 71.8 Å². The Labute approximate surface area is 177 Å². The van der Waals surface area contributed by atoms with Gasteiger partial charge in [-0.3, -0.25) is 5.10 Å². The molecule has 1 aliphatic heterocycles. The lowest BCUT2D eigenvalue weighted by atomic mass is 9.84. The van der Waals surface area contributed by atoms with Crippen LogP contribution in [0.5, 0.6) is 0 Å². The predicted octanol–water partition coefficient (Wildman–Crippen LogP) is 4.37. The summed E-state index contributed by atoms with van der Waals surface area (Å²) < 4.78 is 10.9. The van der Waals surface area contributed by atoms with E-state index in [9.17, 15) is 9.59 Å². The van der Waals surface area contributed by atoms with Gasteiger partial charge in [-0.25, -0.2) is 14.6 Å². The zero-order valence-electron chi connectivity index (χ0n) is 18.7. The van der Waals surface area contributed by atoms with E-state index in [1.807, 2.05) is 20.8 Å². The number of fused-ring (bicyclic) bond motifs is 1. The number of H-pyrrole nitrogens is 1. The number of nitrogens with zero attached hydrogens (tertiary/aromatic N) is 3. The van der Waals surface area contributed by atoms with Crippen molar-refractivity contribution < 1.29 is 19.1 Å². The van der Waals surface area contributed by atoms with E-state index in [2.05, 4.69) is 24.0 Å². The van der Waals surface area contributed by atoms with Gasteiger partial charge in [-0.05, 0) is 52.0 Å². The van der Waals surface area contributed by atoms with E-state index in [1.54, 1.807) is 18.0 Å². The summed E-state index contributed by atoms with van der Waals surface area (Å²) in [5.41, 5.74) is 2.44. The molecule has 0 bridgehead atoms. The molecular formula is C22H32N4O4. The Hall–Kier alpha value is -2.64. The number of pyridine rings is 1. The molecule has 1 amide bonds. The maximum absolute atomic E-state index is 12.8. The smallest absolute Gasteiger partial charge is 0.410 e. The van der Waals surface area contributed by atoms with E-state index in [1.165, 1.54) is 0 Å². The maximum Gasteiger partial charge on any atom is 0.410 e. The van der Waals surface area contributed by atoms with Gasteiger partial charge in [0.15, 0.2) is 5.65 Å². The van der Waals surface area contributed by atoms with Gasteiger partial charge in [-0.15, -0.1) is 0 Å². The zero-order chi connectivity index (χ0) is 22.1. The molecule has 8 nitrogen and oxygen atoms in total. The SMILES string of the molecule is CCOC(=O)c1c(C(C)C)c(C2CCN(C(=O)OC(C)(C)C)CC2)nc2[nH]ncc12. The highest BCUT2D eigenvalue weighted by Crippen LogP contribution is 2.37. The molecular weight excluding hydrogens is 384 g/mol. The van der Waals surface area contributed by atoms with Crippen molar-refractivity contribution in [2.75, 3.05) is 19.7 Å². The number of carbonyl (C=O) groups is 2. The van der Waals surface area contributed by atoms with E-state index in [4.69, 9.17) is 14.5 Å². The molecule has 1 N–H and O–H groups in total. The fourth-order valence-electron chi connectivity index (χ4n) is 3.98. The predicted molar refractivity (Wildman–Crippen MR) is 114 cm³/mol. The van der Waals surface area contributed by atoms with Crippen LogP contribution in [-0.4, -0.2) is 57.4 Å². The number of hydrogen-bond acceptors (Lipinski definition) is 6. The van der Waals surface area contributed by atoms with Gasteiger partial charge in [-0.1, -0.05) is 13.8 Å². The molecule has 0 aliphatic carbocycles. The maximum atomic E-state index is 12.8. The summed E-state index contributed by atoms with van der Waals surface area (Å²) in [4.78, 5) is 31.8. The number of carbonyl (C=O) groups excluding carboxylic acids is 2. The molecule has 3 heterocycles. The number of amides is 1. The van der Waals surface area contributed by atoms with E-state index < -0.39 is 5.60 Å². The van der Waals surface area contributed by atoms with Crippen LogP contribution in [0, 0.1) is 0 Å². The van der Waals surface area contributed by atoms with Gasteiger partial charge in [0.1, 0.15) is 5.60 Å². The van der Waals surface area contributed by atoms with Crippen LogP contribution in [0.2, 0.25) is 0 Å². The summed E-state index contributed by atoms with van der Waals surface area (Å²) in [5.74, 6) is -0.112. The van der Waals surface area contributed by atoms with Crippen molar-refractivity contribution in [3.8, 4) is 0 Å². The second-order valence-corrected chi connectivity index (χ2v) is 9.03. The van der Waals surface area contributed by atoms with Gasteiger partial charge in [-0.2, -0.15) is 5.10 Å². The monoisotopic (exact) mass is 416 g/mol.